The van der Waals surface area contributed by atoms with Crippen molar-refractivity contribution in [2.24, 2.45) is 5.92 Å². The van der Waals surface area contributed by atoms with Crippen LogP contribution in [0.15, 0.2) is 30.3 Å². The Morgan fingerprint density at radius 2 is 2.00 bits per heavy atom. The number of thiol groups is 1. The Bertz CT molecular complexity index is 457. The van der Waals surface area contributed by atoms with Crippen LogP contribution in [0.4, 0.5) is 0 Å². The second-order valence-corrected chi connectivity index (χ2v) is 6.97. The van der Waals surface area contributed by atoms with E-state index in [1.165, 1.54) is 5.56 Å². The average Bonchev–Trinajstić information content (AvgIpc) is 2.81. The van der Waals surface area contributed by atoms with E-state index in [0.717, 1.165) is 18.7 Å². The largest absolute Gasteiger partial charge is 0.340 e. The first-order chi connectivity index (χ1) is 9.44. The van der Waals surface area contributed by atoms with Crippen LogP contribution >= 0.6 is 12.6 Å². The second-order valence-electron chi connectivity index (χ2n) is 6.60. The summed E-state index contributed by atoms with van der Waals surface area (Å²) >= 11 is 4.33. The van der Waals surface area contributed by atoms with Gasteiger partial charge in [-0.05, 0) is 36.0 Å². The van der Waals surface area contributed by atoms with Gasteiger partial charge in [0.05, 0.1) is 0 Å². The number of carbonyl (C=O) groups excluding carboxylic acids is 1. The van der Waals surface area contributed by atoms with Crippen LogP contribution in [0.2, 0.25) is 0 Å². The molecule has 0 N–H and O–H groups in total. The van der Waals surface area contributed by atoms with E-state index in [-0.39, 0.29) is 11.5 Å². The number of benzene rings is 1. The van der Waals surface area contributed by atoms with Gasteiger partial charge in [-0.15, -0.1) is 0 Å². The molecule has 0 bridgehead atoms. The number of hydrogen-bond donors (Lipinski definition) is 1. The van der Waals surface area contributed by atoms with Crippen molar-refractivity contribution in [1.82, 2.24) is 4.90 Å². The minimum absolute atomic E-state index is 0.0833. The zero-order valence-corrected chi connectivity index (χ0v) is 13.6. The maximum absolute atomic E-state index is 12.1. The first-order valence-corrected chi connectivity index (χ1v) is 8.03. The fourth-order valence-corrected chi connectivity index (χ4v) is 3.46. The molecule has 2 nitrogen and oxygen atoms in total. The topological polar surface area (TPSA) is 20.3 Å². The smallest absolute Gasteiger partial charge is 0.223 e. The van der Waals surface area contributed by atoms with Crippen molar-refractivity contribution < 1.29 is 4.79 Å². The number of hydrogen-bond acceptors (Lipinski definition) is 2. The van der Waals surface area contributed by atoms with Gasteiger partial charge in [0.25, 0.3) is 0 Å². The number of carbonyl (C=O) groups is 1. The Morgan fingerprint density at radius 3 is 2.55 bits per heavy atom. The Morgan fingerprint density at radius 1 is 1.35 bits per heavy atom. The quantitative estimate of drug-likeness (QED) is 0.823. The minimum atomic E-state index is 0.0833. The molecule has 0 saturated carbocycles. The standard InChI is InChI=1S/C17H25NOS/c1-13(18-11-14(12-20)9-16(18)19)10-17(2,3)15-7-5-4-6-8-15/h4-8,13-14,20H,9-12H2,1-3H3. The zero-order chi connectivity index (χ0) is 14.8. The predicted molar refractivity (Wildman–Crippen MR) is 87.2 cm³/mol. The van der Waals surface area contributed by atoms with Crippen LogP contribution in [0.1, 0.15) is 39.2 Å². The summed E-state index contributed by atoms with van der Waals surface area (Å²) in [6.07, 6.45) is 1.65. The highest BCUT2D eigenvalue weighted by atomic mass is 32.1. The number of likely N-dealkylation sites (tertiary alicyclic amines) is 1. The predicted octanol–water partition coefficient (Wildman–Crippen LogP) is 3.52. The molecule has 0 aromatic heterocycles. The summed E-state index contributed by atoms with van der Waals surface area (Å²) in [7, 11) is 0. The van der Waals surface area contributed by atoms with Crippen LogP contribution in [0.3, 0.4) is 0 Å². The van der Waals surface area contributed by atoms with Crippen LogP contribution in [0.5, 0.6) is 0 Å². The highest BCUT2D eigenvalue weighted by Gasteiger charge is 2.34. The van der Waals surface area contributed by atoms with E-state index in [4.69, 9.17) is 0 Å². The van der Waals surface area contributed by atoms with Crippen LogP contribution in [0.25, 0.3) is 0 Å². The molecule has 110 valence electrons. The monoisotopic (exact) mass is 291 g/mol. The SMILES string of the molecule is CC(CC(C)(C)c1ccccc1)N1CC(CS)CC1=O. The maximum Gasteiger partial charge on any atom is 0.223 e. The number of nitrogens with zero attached hydrogens (tertiary/aromatic N) is 1. The van der Waals surface area contributed by atoms with Crippen LogP contribution < -0.4 is 0 Å². The van der Waals surface area contributed by atoms with E-state index < -0.39 is 0 Å². The number of amides is 1. The highest BCUT2D eigenvalue weighted by molar-refractivity contribution is 7.80. The van der Waals surface area contributed by atoms with Gasteiger partial charge in [0.15, 0.2) is 0 Å². The molecule has 0 aliphatic carbocycles. The van der Waals surface area contributed by atoms with Crippen molar-refractivity contribution in [2.75, 3.05) is 12.3 Å². The van der Waals surface area contributed by atoms with E-state index in [1.54, 1.807) is 0 Å². The molecule has 2 unspecified atom stereocenters. The second kappa shape index (κ2) is 6.21. The van der Waals surface area contributed by atoms with Crippen molar-refractivity contribution in [3.63, 3.8) is 0 Å². The fraction of sp³-hybridized carbons (Fsp3) is 0.588. The molecule has 1 aromatic carbocycles. The van der Waals surface area contributed by atoms with Gasteiger partial charge in [0.2, 0.25) is 5.91 Å². The van der Waals surface area contributed by atoms with Gasteiger partial charge in [0.1, 0.15) is 0 Å². The highest BCUT2D eigenvalue weighted by Crippen LogP contribution is 2.32. The summed E-state index contributed by atoms with van der Waals surface area (Å²) in [5, 5.41) is 0. The third kappa shape index (κ3) is 3.38. The summed E-state index contributed by atoms with van der Waals surface area (Å²) < 4.78 is 0. The molecule has 1 saturated heterocycles. The van der Waals surface area contributed by atoms with Crippen molar-refractivity contribution in [3.05, 3.63) is 35.9 Å². The molecule has 1 amide bonds. The van der Waals surface area contributed by atoms with E-state index >= 15 is 0 Å². The molecule has 1 fully saturated rings. The fourth-order valence-electron chi connectivity index (χ4n) is 3.21. The van der Waals surface area contributed by atoms with Gasteiger partial charge in [-0.25, -0.2) is 0 Å². The summed E-state index contributed by atoms with van der Waals surface area (Å²) in [5.41, 5.74) is 1.42. The average molecular weight is 291 g/mol. The Hall–Kier alpha value is -0.960. The maximum atomic E-state index is 12.1. The molecule has 1 aliphatic rings. The zero-order valence-electron chi connectivity index (χ0n) is 12.7. The Kier molecular flexibility index (Phi) is 4.79. The first kappa shape index (κ1) is 15.4. The molecule has 20 heavy (non-hydrogen) atoms. The van der Waals surface area contributed by atoms with Crippen LogP contribution in [-0.2, 0) is 10.2 Å². The molecular weight excluding hydrogens is 266 g/mol. The molecule has 2 atom stereocenters. The minimum Gasteiger partial charge on any atom is -0.340 e. The molecule has 0 radical (unpaired) electrons. The third-order valence-corrected chi connectivity index (χ3v) is 4.91. The van der Waals surface area contributed by atoms with Crippen LogP contribution in [-0.4, -0.2) is 29.1 Å². The van der Waals surface area contributed by atoms with Gasteiger partial charge < -0.3 is 4.90 Å². The van der Waals surface area contributed by atoms with Gasteiger partial charge in [-0.3, -0.25) is 4.79 Å². The summed E-state index contributed by atoms with van der Waals surface area (Å²) in [6.45, 7) is 7.56. The third-order valence-electron chi connectivity index (χ3n) is 4.39. The van der Waals surface area contributed by atoms with Gasteiger partial charge in [-0.1, -0.05) is 44.2 Å². The van der Waals surface area contributed by atoms with E-state index in [2.05, 4.69) is 57.7 Å². The van der Waals surface area contributed by atoms with Gasteiger partial charge >= 0.3 is 0 Å². The Labute approximate surface area is 128 Å². The van der Waals surface area contributed by atoms with Crippen molar-refractivity contribution >= 4 is 18.5 Å². The van der Waals surface area contributed by atoms with E-state index in [0.29, 0.717) is 18.2 Å². The molecular formula is C17H25NOS. The number of rotatable bonds is 5. The van der Waals surface area contributed by atoms with Gasteiger partial charge in [0, 0.05) is 19.0 Å². The lowest BCUT2D eigenvalue weighted by molar-refractivity contribution is -0.129. The van der Waals surface area contributed by atoms with Gasteiger partial charge in [-0.2, -0.15) is 12.6 Å². The molecule has 1 aliphatic heterocycles. The molecule has 3 heteroatoms. The lowest BCUT2D eigenvalue weighted by Crippen LogP contribution is -2.38. The van der Waals surface area contributed by atoms with E-state index in [1.807, 2.05) is 11.0 Å². The molecule has 2 rings (SSSR count). The summed E-state index contributed by atoms with van der Waals surface area (Å²) in [5.74, 6) is 1.52. The molecule has 1 heterocycles. The molecule has 1 aromatic rings. The normalized spacial score (nSPS) is 21.3. The Balaban J connectivity index is 2.04. The van der Waals surface area contributed by atoms with Crippen molar-refractivity contribution in [3.8, 4) is 0 Å². The lowest BCUT2D eigenvalue weighted by atomic mass is 9.79. The van der Waals surface area contributed by atoms with Crippen molar-refractivity contribution in [1.29, 1.82) is 0 Å². The first-order valence-electron chi connectivity index (χ1n) is 7.40. The lowest BCUT2D eigenvalue weighted by Gasteiger charge is -2.33. The van der Waals surface area contributed by atoms with Crippen molar-refractivity contribution in [2.45, 2.75) is 45.1 Å². The van der Waals surface area contributed by atoms with E-state index in [9.17, 15) is 4.79 Å². The summed E-state index contributed by atoms with van der Waals surface area (Å²) in [6, 6.07) is 10.8. The summed E-state index contributed by atoms with van der Waals surface area (Å²) in [4.78, 5) is 14.1. The molecule has 0 spiro atoms. The van der Waals surface area contributed by atoms with Crippen LogP contribution in [0, 0.1) is 5.92 Å².